The average Bonchev–Trinajstić information content (AvgIpc) is 2.10. The number of carboxylic acids is 1. The molecule has 6 heteroatoms. The van der Waals surface area contributed by atoms with E-state index in [2.05, 4.69) is 0 Å². The number of hydrogen-bond acceptors (Lipinski definition) is 3. The fourth-order valence-electron chi connectivity index (χ4n) is 1.16. The van der Waals surface area contributed by atoms with Gasteiger partial charge in [0.25, 0.3) is 0 Å². The molecule has 0 spiro atoms. The van der Waals surface area contributed by atoms with Crippen molar-refractivity contribution in [1.82, 2.24) is 4.90 Å². The number of nitrogens with one attached hydrogen (secondary N) is 1. The van der Waals surface area contributed by atoms with Crippen LogP contribution in [0.25, 0.3) is 0 Å². The predicted octanol–water partition coefficient (Wildman–Crippen LogP) is -0.309. The second-order valence-corrected chi connectivity index (χ2v) is 2.83. The van der Waals surface area contributed by atoms with Crippen LogP contribution in [-0.4, -0.2) is 48.2 Å². The van der Waals surface area contributed by atoms with Crippen LogP contribution < -0.4 is 5.73 Å². The number of nitrogens with zero attached hydrogens (tertiary/aromatic N) is 1. The van der Waals surface area contributed by atoms with Crippen molar-refractivity contribution in [3.63, 3.8) is 0 Å². The van der Waals surface area contributed by atoms with Crippen LogP contribution in [-0.2, 0) is 9.53 Å². The van der Waals surface area contributed by atoms with Gasteiger partial charge in [0.1, 0.15) is 6.04 Å². The van der Waals surface area contributed by atoms with E-state index in [0.29, 0.717) is 19.6 Å². The lowest BCUT2D eigenvalue weighted by Crippen LogP contribution is -2.49. The van der Waals surface area contributed by atoms with E-state index in [4.69, 9.17) is 21.0 Å². The van der Waals surface area contributed by atoms with Gasteiger partial charge in [0.05, 0.1) is 6.61 Å². The standard InChI is InChI=1S/C8H17N3O3/c1-3-6(7(12)13)11(8(9)10)4-5-14-2/h6H,3-5H2,1-2H3,(H3,9,10)(H,12,13). The van der Waals surface area contributed by atoms with Crippen LogP contribution >= 0.6 is 0 Å². The molecular formula is C8H17N3O3. The lowest BCUT2D eigenvalue weighted by molar-refractivity contribution is -0.142. The molecule has 6 nitrogen and oxygen atoms in total. The van der Waals surface area contributed by atoms with Crippen LogP contribution in [0, 0.1) is 5.41 Å². The van der Waals surface area contributed by atoms with E-state index >= 15 is 0 Å². The van der Waals surface area contributed by atoms with Gasteiger partial charge in [-0.3, -0.25) is 5.41 Å². The van der Waals surface area contributed by atoms with Gasteiger partial charge in [-0.2, -0.15) is 0 Å². The van der Waals surface area contributed by atoms with Crippen molar-refractivity contribution in [3.05, 3.63) is 0 Å². The average molecular weight is 203 g/mol. The van der Waals surface area contributed by atoms with E-state index in [-0.39, 0.29) is 5.96 Å². The molecule has 1 atom stereocenters. The van der Waals surface area contributed by atoms with Crippen molar-refractivity contribution < 1.29 is 14.6 Å². The Morgan fingerprint density at radius 1 is 1.71 bits per heavy atom. The highest BCUT2D eigenvalue weighted by Gasteiger charge is 2.24. The molecule has 0 heterocycles. The lowest BCUT2D eigenvalue weighted by Gasteiger charge is -2.27. The highest BCUT2D eigenvalue weighted by molar-refractivity contribution is 5.82. The third-order valence-electron chi connectivity index (χ3n) is 1.89. The number of guanidine groups is 1. The van der Waals surface area contributed by atoms with Gasteiger partial charge >= 0.3 is 5.97 Å². The summed E-state index contributed by atoms with van der Waals surface area (Å²) in [6.07, 6.45) is 0.401. The summed E-state index contributed by atoms with van der Waals surface area (Å²) in [5.74, 6) is -1.21. The molecule has 0 aliphatic rings. The molecule has 82 valence electrons. The molecule has 0 aliphatic heterocycles. The lowest BCUT2D eigenvalue weighted by atomic mass is 10.2. The Morgan fingerprint density at radius 2 is 2.29 bits per heavy atom. The molecule has 0 fully saturated rings. The van der Waals surface area contributed by atoms with Crippen LogP contribution in [0.5, 0.6) is 0 Å². The molecule has 1 unspecified atom stereocenters. The molecule has 0 amide bonds. The zero-order chi connectivity index (χ0) is 11.1. The van der Waals surface area contributed by atoms with Crippen LogP contribution in [0.15, 0.2) is 0 Å². The molecular weight excluding hydrogens is 186 g/mol. The molecule has 0 bridgehead atoms. The minimum absolute atomic E-state index is 0.240. The largest absolute Gasteiger partial charge is 0.480 e. The maximum atomic E-state index is 10.8. The molecule has 4 N–H and O–H groups in total. The van der Waals surface area contributed by atoms with Crippen molar-refractivity contribution in [2.45, 2.75) is 19.4 Å². The molecule has 0 aromatic rings. The number of carboxylic acid groups (broad SMARTS) is 1. The maximum Gasteiger partial charge on any atom is 0.326 e. The summed E-state index contributed by atoms with van der Waals surface area (Å²) in [6, 6.07) is -0.748. The van der Waals surface area contributed by atoms with Gasteiger partial charge in [0, 0.05) is 13.7 Å². The molecule has 0 aromatic carbocycles. The van der Waals surface area contributed by atoms with Gasteiger partial charge in [-0.05, 0) is 6.42 Å². The smallest absolute Gasteiger partial charge is 0.326 e. The van der Waals surface area contributed by atoms with Gasteiger partial charge in [-0.15, -0.1) is 0 Å². The second kappa shape index (κ2) is 6.20. The van der Waals surface area contributed by atoms with E-state index < -0.39 is 12.0 Å². The Morgan fingerprint density at radius 3 is 2.57 bits per heavy atom. The first kappa shape index (κ1) is 12.7. The number of aliphatic carboxylic acids is 1. The molecule has 14 heavy (non-hydrogen) atoms. The summed E-state index contributed by atoms with van der Waals surface area (Å²) in [7, 11) is 1.51. The van der Waals surface area contributed by atoms with Crippen molar-refractivity contribution >= 4 is 11.9 Å². The summed E-state index contributed by atoms with van der Waals surface area (Å²) < 4.78 is 4.81. The normalized spacial score (nSPS) is 12.1. The van der Waals surface area contributed by atoms with Crippen LogP contribution in [0.1, 0.15) is 13.3 Å². The Labute approximate surface area is 83.1 Å². The van der Waals surface area contributed by atoms with Gasteiger partial charge in [0.15, 0.2) is 5.96 Å². The first-order chi connectivity index (χ1) is 6.54. The number of carbonyl (C=O) groups is 1. The molecule has 0 aromatic heterocycles. The first-order valence-electron chi connectivity index (χ1n) is 4.37. The van der Waals surface area contributed by atoms with Crippen molar-refractivity contribution in [2.75, 3.05) is 20.3 Å². The van der Waals surface area contributed by atoms with E-state index in [0.717, 1.165) is 0 Å². The van der Waals surface area contributed by atoms with E-state index in [1.807, 2.05) is 0 Å². The first-order valence-corrected chi connectivity index (χ1v) is 4.37. The molecule has 0 aliphatic carbocycles. The highest BCUT2D eigenvalue weighted by atomic mass is 16.5. The monoisotopic (exact) mass is 203 g/mol. The third kappa shape index (κ3) is 3.61. The number of hydrogen-bond donors (Lipinski definition) is 3. The Kier molecular flexibility index (Phi) is 5.62. The van der Waals surface area contributed by atoms with Crippen molar-refractivity contribution in [3.8, 4) is 0 Å². The van der Waals surface area contributed by atoms with Gasteiger partial charge < -0.3 is 20.5 Å². The zero-order valence-corrected chi connectivity index (χ0v) is 8.49. The molecule has 0 saturated carbocycles. The number of methoxy groups -OCH3 is 1. The predicted molar refractivity (Wildman–Crippen MR) is 52.2 cm³/mol. The van der Waals surface area contributed by atoms with Gasteiger partial charge in [0.2, 0.25) is 0 Å². The van der Waals surface area contributed by atoms with Gasteiger partial charge in [-0.1, -0.05) is 6.92 Å². The van der Waals surface area contributed by atoms with E-state index in [1.165, 1.54) is 12.0 Å². The fourth-order valence-corrected chi connectivity index (χ4v) is 1.16. The number of ether oxygens (including phenoxy) is 1. The number of rotatable bonds is 6. The fraction of sp³-hybridized carbons (Fsp3) is 0.750. The maximum absolute atomic E-state index is 10.8. The number of nitrogens with two attached hydrogens (primary N) is 1. The van der Waals surface area contributed by atoms with E-state index in [9.17, 15) is 4.79 Å². The minimum Gasteiger partial charge on any atom is -0.480 e. The quantitative estimate of drug-likeness (QED) is 0.406. The summed E-state index contributed by atoms with van der Waals surface area (Å²) in [5.41, 5.74) is 5.28. The summed E-state index contributed by atoms with van der Waals surface area (Å²) in [4.78, 5) is 12.1. The second-order valence-electron chi connectivity index (χ2n) is 2.83. The van der Waals surface area contributed by atoms with Gasteiger partial charge in [-0.25, -0.2) is 4.79 Å². The Bertz CT molecular complexity index is 208. The topological polar surface area (TPSA) is 99.6 Å². The zero-order valence-electron chi connectivity index (χ0n) is 8.49. The van der Waals surface area contributed by atoms with Crippen LogP contribution in [0.3, 0.4) is 0 Å². The SMILES string of the molecule is CCC(C(=O)O)N(CCOC)C(=N)N. The third-order valence-corrected chi connectivity index (χ3v) is 1.89. The van der Waals surface area contributed by atoms with Crippen LogP contribution in [0.4, 0.5) is 0 Å². The highest BCUT2D eigenvalue weighted by Crippen LogP contribution is 2.03. The van der Waals surface area contributed by atoms with Crippen LogP contribution in [0.2, 0.25) is 0 Å². The molecule has 0 saturated heterocycles. The summed E-state index contributed by atoms with van der Waals surface area (Å²) >= 11 is 0. The van der Waals surface area contributed by atoms with E-state index in [1.54, 1.807) is 6.92 Å². The molecule has 0 rings (SSSR count). The van der Waals surface area contributed by atoms with Crippen molar-refractivity contribution in [2.24, 2.45) is 5.73 Å². The Balaban J connectivity index is 4.44. The molecule has 0 radical (unpaired) electrons. The summed E-state index contributed by atoms with van der Waals surface area (Å²) in [5, 5.41) is 16.1. The summed E-state index contributed by atoms with van der Waals surface area (Å²) in [6.45, 7) is 2.40. The Hall–Kier alpha value is -1.30. The van der Waals surface area contributed by atoms with Crippen molar-refractivity contribution in [1.29, 1.82) is 5.41 Å². The minimum atomic E-state index is -0.973.